The Hall–Kier alpha value is -3.41. The molecule has 0 N–H and O–H groups in total. The summed E-state index contributed by atoms with van der Waals surface area (Å²) in [5, 5.41) is 0. The van der Waals surface area contributed by atoms with Crippen molar-refractivity contribution in [2.45, 2.75) is 284 Å². The Kier molecular flexibility index (Phi) is 54.3. The predicted octanol–water partition coefficient (Wildman–Crippen LogP) is 19.5. The SMILES string of the molecule is CCCC/C=C\C/C=C\CCCCCCCC(=O)OCC(COC(=O)CCCCCCCC/C=C\C/C=C\C/C=C\CCCCC)OC(=O)CCCCCCCCC/C=C\C/C=C\CCCCCC. The highest BCUT2D eigenvalue weighted by Crippen LogP contribution is 2.14. The summed E-state index contributed by atoms with van der Waals surface area (Å²) in [7, 11) is 0. The summed E-state index contributed by atoms with van der Waals surface area (Å²) in [5.74, 6) is -0.919. The Morgan fingerprint density at radius 3 is 0.884 bits per heavy atom. The molecule has 396 valence electrons. The van der Waals surface area contributed by atoms with Crippen LogP contribution in [0.5, 0.6) is 0 Å². The van der Waals surface area contributed by atoms with Gasteiger partial charge in [-0.25, -0.2) is 0 Å². The van der Waals surface area contributed by atoms with Crippen LogP contribution < -0.4 is 0 Å². The second-order valence-electron chi connectivity index (χ2n) is 19.2. The van der Waals surface area contributed by atoms with Gasteiger partial charge in [-0.1, -0.05) is 228 Å². The van der Waals surface area contributed by atoms with Gasteiger partial charge in [0.05, 0.1) is 0 Å². The van der Waals surface area contributed by atoms with E-state index in [0.717, 1.165) is 116 Å². The van der Waals surface area contributed by atoms with Crippen LogP contribution in [0.2, 0.25) is 0 Å². The average Bonchev–Trinajstić information content (AvgIpc) is 3.35. The Morgan fingerprint density at radius 1 is 0.290 bits per heavy atom. The molecule has 0 heterocycles. The molecule has 0 amide bonds. The van der Waals surface area contributed by atoms with Gasteiger partial charge in [0.1, 0.15) is 13.2 Å². The number of carbonyl (C=O) groups excluding carboxylic acids is 3. The lowest BCUT2D eigenvalue weighted by atomic mass is 10.1. The molecule has 0 aromatic heterocycles. The summed E-state index contributed by atoms with van der Waals surface area (Å²) in [5.41, 5.74) is 0. The minimum absolute atomic E-state index is 0.0913. The third kappa shape index (κ3) is 55.4. The van der Waals surface area contributed by atoms with Crippen molar-refractivity contribution in [2.24, 2.45) is 0 Å². The molecule has 1 atom stereocenters. The van der Waals surface area contributed by atoms with Crippen molar-refractivity contribution in [3.05, 3.63) is 85.1 Å². The largest absolute Gasteiger partial charge is 0.462 e. The van der Waals surface area contributed by atoms with Gasteiger partial charge in [-0.2, -0.15) is 0 Å². The van der Waals surface area contributed by atoms with Gasteiger partial charge in [0, 0.05) is 19.3 Å². The van der Waals surface area contributed by atoms with E-state index in [1.165, 1.54) is 122 Å². The molecule has 6 heteroatoms. The highest BCUT2D eigenvalue weighted by atomic mass is 16.6. The molecule has 0 fully saturated rings. The number of allylic oxidation sites excluding steroid dienone is 14. The van der Waals surface area contributed by atoms with Gasteiger partial charge in [0.25, 0.3) is 0 Å². The summed E-state index contributed by atoms with van der Waals surface area (Å²) >= 11 is 0. The van der Waals surface area contributed by atoms with Crippen molar-refractivity contribution in [3.63, 3.8) is 0 Å². The van der Waals surface area contributed by atoms with Crippen molar-refractivity contribution < 1.29 is 28.6 Å². The quantitative estimate of drug-likeness (QED) is 0.0262. The number of rotatable bonds is 52. The Morgan fingerprint density at radius 2 is 0.536 bits per heavy atom. The van der Waals surface area contributed by atoms with Gasteiger partial charge in [-0.3, -0.25) is 14.4 Å². The third-order valence-electron chi connectivity index (χ3n) is 12.3. The lowest BCUT2D eigenvalue weighted by molar-refractivity contribution is -0.167. The van der Waals surface area contributed by atoms with Crippen LogP contribution in [0.15, 0.2) is 85.1 Å². The molecule has 0 aliphatic heterocycles. The first-order chi connectivity index (χ1) is 34.0. The molecule has 0 aliphatic carbocycles. The molecule has 0 radical (unpaired) electrons. The minimum Gasteiger partial charge on any atom is -0.462 e. The van der Waals surface area contributed by atoms with Gasteiger partial charge >= 0.3 is 17.9 Å². The molecule has 0 aromatic rings. The van der Waals surface area contributed by atoms with E-state index >= 15 is 0 Å². The molecule has 0 aromatic carbocycles. The van der Waals surface area contributed by atoms with Crippen molar-refractivity contribution in [2.75, 3.05) is 13.2 Å². The number of unbranched alkanes of at least 4 members (excludes halogenated alkanes) is 27. The molecule has 0 bridgehead atoms. The standard InChI is InChI=1S/C63H108O6/c1-4-7-10-13-16-19-22-25-28-30-32-34-35-38-41-44-47-50-53-56-62(65)68-59-60(58-67-61(64)55-52-49-46-43-40-37-27-24-21-18-15-12-9-6-3)69-63(66)57-54-51-48-45-42-39-36-33-31-29-26-23-20-17-14-11-8-5-2/h15-16,18-20,23-25,27-29,31-32,34,60H,4-14,17,21-22,26,30,33,35-59H2,1-3H3/b18-15-,19-16-,23-20-,27-24-,28-25-,31-29-,34-32-. The van der Waals surface area contributed by atoms with E-state index in [4.69, 9.17) is 14.2 Å². The Balaban J connectivity index is 4.43. The smallest absolute Gasteiger partial charge is 0.306 e. The van der Waals surface area contributed by atoms with Crippen molar-refractivity contribution in [1.29, 1.82) is 0 Å². The molecule has 0 aliphatic rings. The van der Waals surface area contributed by atoms with E-state index in [1.54, 1.807) is 0 Å². The van der Waals surface area contributed by atoms with Crippen molar-refractivity contribution in [1.82, 2.24) is 0 Å². The summed E-state index contributed by atoms with van der Waals surface area (Å²) in [4.78, 5) is 38.2. The normalized spacial score (nSPS) is 12.7. The maximum Gasteiger partial charge on any atom is 0.306 e. The number of ether oxygens (including phenoxy) is 3. The second kappa shape index (κ2) is 57.2. The zero-order valence-corrected chi connectivity index (χ0v) is 45.3. The molecule has 69 heavy (non-hydrogen) atoms. The van der Waals surface area contributed by atoms with E-state index in [-0.39, 0.29) is 31.1 Å². The molecule has 0 saturated carbocycles. The highest BCUT2D eigenvalue weighted by molar-refractivity contribution is 5.71. The number of carbonyl (C=O) groups is 3. The molecule has 0 spiro atoms. The maximum atomic E-state index is 12.9. The molecule has 6 nitrogen and oxygen atoms in total. The van der Waals surface area contributed by atoms with Crippen LogP contribution >= 0.6 is 0 Å². The van der Waals surface area contributed by atoms with E-state index in [2.05, 4.69) is 106 Å². The third-order valence-corrected chi connectivity index (χ3v) is 12.3. The van der Waals surface area contributed by atoms with Gasteiger partial charge in [0.15, 0.2) is 6.10 Å². The highest BCUT2D eigenvalue weighted by Gasteiger charge is 2.19. The van der Waals surface area contributed by atoms with E-state index in [0.29, 0.717) is 19.3 Å². The lowest BCUT2D eigenvalue weighted by Gasteiger charge is -2.18. The Labute approximate surface area is 426 Å². The van der Waals surface area contributed by atoms with Crippen LogP contribution in [0.4, 0.5) is 0 Å². The first-order valence-electron chi connectivity index (χ1n) is 29.1. The van der Waals surface area contributed by atoms with Gasteiger partial charge in [-0.15, -0.1) is 0 Å². The maximum absolute atomic E-state index is 12.9. The van der Waals surface area contributed by atoms with Gasteiger partial charge < -0.3 is 14.2 Å². The Bertz CT molecular complexity index is 1330. The van der Waals surface area contributed by atoms with Crippen LogP contribution in [0.1, 0.15) is 278 Å². The van der Waals surface area contributed by atoms with E-state index < -0.39 is 6.10 Å². The zero-order chi connectivity index (χ0) is 50.0. The fourth-order valence-electron chi connectivity index (χ4n) is 7.91. The lowest BCUT2D eigenvalue weighted by Crippen LogP contribution is -2.30. The van der Waals surface area contributed by atoms with Crippen LogP contribution in [0.3, 0.4) is 0 Å². The fourth-order valence-corrected chi connectivity index (χ4v) is 7.91. The van der Waals surface area contributed by atoms with Crippen molar-refractivity contribution in [3.8, 4) is 0 Å². The molecule has 0 saturated heterocycles. The van der Waals surface area contributed by atoms with E-state index in [9.17, 15) is 14.4 Å². The van der Waals surface area contributed by atoms with Crippen LogP contribution in [0.25, 0.3) is 0 Å². The number of hydrogen-bond donors (Lipinski definition) is 0. The van der Waals surface area contributed by atoms with Crippen LogP contribution in [-0.2, 0) is 28.6 Å². The second-order valence-corrected chi connectivity index (χ2v) is 19.2. The van der Waals surface area contributed by atoms with E-state index in [1.807, 2.05) is 0 Å². The summed E-state index contributed by atoms with van der Waals surface area (Å²) < 4.78 is 16.9. The summed E-state index contributed by atoms with van der Waals surface area (Å²) in [6.45, 7) is 6.54. The number of esters is 3. The van der Waals surface area contributed by atoms with Crippen LogP contribution in [-0.4, -0.2) is 37.2 Å². The summed E-state index contributed by atoms with van der Waals surface area (Å²) in [6.07, 6.45) is 74.2. The van der Waals surface area contributed by atoms with Crippen molar-refractivity contribution >= 4 is 17.9 Å². The van der Waals surface area contributed by atoms with Gasteiger partial charge in [0.2, 0.25) is 0 Å². The average molecular weight is 962 g/mol. The first kappa shape index (κ1) is 65.6. The van der Waals surface area contributed by atoms with Gasteiger partial charge in [-0.05, 0) is 116 Å². The molecule has 0 rings (SSSR count). The van der Waals surface area contributed by atoms with Crippen LogP contribution in [0, 0.1) is 0 Å². The fraction of sp³-hybridized carbons (Fsp3) is 0.730. The zero-order valence-electron chi connectivity index (χ0n) is 45.3. The molecular weight excluding hydrogens is 853 g/mol. The summed E-state index contributed by atoms with van der Waals surface area (Å²) in [6, 6.07) is 0. The monoisotopic (exact) mass is 961 g/mol. The topological polar surface area (TPSA) is 78.9 Å². The minimum atomic E-state index is -0.793. The number of hydrogen-bond acceptors (Lipinski definition) is 6. The molecule has 1 unspecified atom stereocenters. The molecular formula is C63H108O6. The predicted molar refractivity (Wildman–Crippen MR) is 297 cm³/mol. The first-order valence-corrected chi connectivity index (χ1v) is 29.1.